The van der Waals surface area contributed by atoms with Crippen LogP contribution in [0.2, 0.25) is 0 Å². The highest BCUT2D eigenvalue weighted by atomic mass is 33.1. The highest BCUT2D eigenvalue weighted by Crippen LogP contribution is 2.34. The van der Waals surface area contributed by atoms with E-state index in [1.807, 2.05) is 21.6 Å². The molecule has 0 aliphatic carbocycles. The molecule has 0 spiro atoms. The Morgan fingerprint density at radius 3 is 1.87 bits per heavy atom. The van der Waals surface area contributed by atoms with Crippen LogP contribution in [-0.2, 0) is 9.59 Å². The summed E-state index contributed by atoms with van der Waals surface area (Å²) in [5.41, 5.74) is 0. The van der Waals surface area contributed by atoms with E-state index < -0.39 is 11.9 Å². The Labute approximate surface area is 96.6 Å². The van der Waals surface area contributed by atoms with Crippen LogP contribution in [-0.4, -0.2) is 59.2 Å². The van der Waals surface area contributed by atoms with Crippen LogP contribution in [0.3, 0.4) is 0 Å². The minimum absolute atomic E-state index is 0.940. The Hall–Kier alpha value is -0.400. The molecule has 0 aromatic carbocycles. The zero-order chi connectivity index (χ0) is 11.8. The molecule has 0 bridgehead atoms. The van der Waals surface area contributed by atoms with Gasteiger partial charge in [0.25, 0.3) is 0 Å². The van der Waals surface area contributed by atoms with Crippen molar-refractivity contribution in [3.63, 3.8) is 0 Å². The molecule has 1 saturated heterocycles. The van der Waals surface area contributed by atoms with Crippen molar-refractivity contribution < 1.29 is 19.8 Å². The lowest BCUT2D eigenvalue weighted by Gasteiger charge is -2.13. The third-order valence-electron chi connectivity index (χ3n) is 1.50. The largest absolute Gasteiger partial charge is 0.473 e. The monoisotopic (exact) mass is 253 g/mol. The lowest BCUT2D eigenvalue weighted by Crippen LogP contribution is -2.22. The van der Waals surface area contributed by atoms with Gasteiger partial charge in [-0.25, -0.2) is 9.59 Å². The SMILES string of the molecule is CN(C)CC1CSSC1.O=C(O)C(=O)O. The minimum atomic E-state index is -1.82. The Morgan fingerprint density at radius 1 is 1.20 bits per heavy atom. The molecule has 0 aromatic heterocycles. The topological polar surface area (TPSA) is 77.8 Å². The number of hydrogen-bond donors (Lipinski definition) is 2. The zero-order valence-corrected chi connectivity index (χ0v) is 10.3. The maximum Gasteiger partial charge on any atom is 0.414 e. The fourth-order valence-electron chi connectivity index (χ4n) is 0.959. The van der Waals surface area contributed by atoms with Crippen molar-refractivity contribution in [3.05, 3.63) is 0 Å². The van der Waals surface area contributed by atoms with Gasteiger partial charge in [0.2, 0.25) is 0 Å². The number of carboxylic acid groups (broad SMARTS) is 2. The summed E-state index contributed by atoms with van der Waals surface area (Å²) in [6.45, 7) is 1.26. The van der Waals surface area contributed by atoms with Crippen molar-refractivity contribution in [1.82, 2.24) is 4.90 Å². The molecular formula is C8H15NO4S2. The number of nitrogens with zero attached hydrogens (tertiary/aromatic N) is 1. The standard InChI is InChI=1S/C6H13NS2.C2H2O4/c1-7(2)3-6-4-8-9-5-6;3-1(4)2(5)6/h6H,3-5H2,1-2H3;(H,3,4)(H,5,6). The Kier molecular flexibility index (Phi) is 7.63. The quantitative estimate of drug-likeness (QED) is 0.554. The van der Waals surface area contributed by atoms with Gasteiger partial charge in [-0.05, 0) is 20.0 Å². The van der Waals surface area contributed by atoms with E-state index in [1.165, 1.54) is 18.1 Å². The summed E-state index contributed by atoms with van der Waals surface area (Å²) < 4.78 is 0. The summed E-state index contributed by atoms with van der Waals surface area (Å²) in [7, 11) is 8.32. The number of carbonyl (C=O) groups is 2. The van der Waals surface area contributed by atoms with Gasteiger partial charge in [0.1, 0.15) is 0 Å². The first-order valence-corrected chi connectivity index (χ1v) is 6.77. The summed E-state index contributed by atoms with van der Waals surface area (Å²) in [6, 6.07) is 0. The van der Waals surface area contributed by atoms with E-state index in [4.69, 9.17) is 19.8 Å². The molecule has 15 heavy (non-hydrogen) atoms. The van der Waals surface area contributed by atoms with E-state index in [2.05, 4.69) is 19.0 Å². The van der Waals surface area contributed by atoms with Gasteiger partial charge in [0.15, 0.2) is 0 Å². The van der Waals surface area contributed by atoms with Crippen LogP contribution in [0.25, 0.3) is 0 Å². The van der Waals surface area contributed by atoms with Crippen LogP contribution in [0.4, 0.5) is 0 Å². The van der Waals surface area contributed by atoms with Crippen molar-refractivity contribution in [2.24, 2.45) is 5.92 Å². The summed E-state index contributed by atoms with van der Waals surface area (Å²) in [6.07, 6.45) is 0. The molecule has 0 aromatic rings. The molecule has 0 saturated carbocycles. The molecule has 1 aliphatic heterocycles. The van der Waals surface area contributed by atoms with Gasteiger partial charge in [0, 0.05) is 18.1 Å². The fourth-order valence-corrected chi connectivity index (χ4v) is 3.86. The third kappa shape index (κ3) is 8.59. The maximum absolute atomic E-state index is 9.10. The van der Waals surface area contributed by atoms with E-state index >= 15 is 0 Å². The second-order valence-corrected chi connectivity index (χ2v) is 5.86. The number of aliphatic carboxylic acids is 2. The average Bonchev–Trinajstić information content (AvgIpc) is 2.56. The molecule has 0 radical (unpaired) electrons. The normalized spacial score (nSPS) is 15.9. The summed E-state index contributed by atoms with van der Waals surface area (Å²) >= 11 is 0. The first-order chi connectivity index (χ1) is 6.93. The van der Waals surface area contributed by atoms with Gasteiger partial charge in [-0.3, -0.25) is 0 Å². The van der Waals surface area contributed by atoms with Crippen molar-refractivity contribution in [3.8, 4) is 0 Å². The van der Waals surface area contributed by atoms with Crippen molar-refractivity contribution in [2.45, 2.75) is 0 Å². The average molecular weight is 253 g/mol. The van der Waals surface area contributed by atoms with Gasteiger partial charge in [0.05, 0.1) is 0 Å². The van der Waals surface area contributed by atoms with E-state index in [9.17, 15) is 0 Å². The van der Waals surface area contributed by atoms with Gasteiger partial charge < -0.3 is 15.1 Å². The molecule has 1 aliphatic rings. The zero-order valence-electron chi connectivity index (χ0n) is 8.67. The molecule has 0 unspecified atom stereocenters. The van der Waals surface area contributed by atoms with Crippen LogP contribution in [0.1, 0.15) is 0 Å². The lowest BCUT2D eigenvalue weighted by atomic mass is 10.2. The molecule has 1 fully saturated rings. The third-order valence-corrected chi connectivity index (χ3v) is 4.20. The molecule has 5 nitrogen and oxygen atoms in total. The van der Waals surface area contributed by atoms with Crippen molar-refractivity contribution in [2.75, 3.05) is 32.1 Å². The Balaban J connectivity index is 0.000000288. The molecule has 88 valence electrons. The maximum atomic E-state index is 9.10. The number of rotatable bonds is 2. The molecule has 0 amide bonds. The molecular weight excluding hydrogens is 238 g/mol. The summed E-state index contributed by atoms with van der Waals surface area (Å²) in [4.78, 5) is 20.5. The van der Waals surface area contributed by atoms with Crippen LogP contribution < -0.4 is 0 Å². The lowest BCUT2D eigenvalue weighted by molar-refractivity contribution is -0.159. The van der Waals surface area contributed by atoms with E-state index in [0.717, 1.165) is 5.92 Å². The molecule has 1 rings (SSSR count). The Morgan fingerprint density at radius 2 is 1.60 bits per heavy atom. The predicted molar refractivity (Wildman–Crippen MR) is 62.2 cm³/mol. The molecule has 0 atom stereocenters. The van der Waals surface area contributed by atoms with Crippen molar-refractivity contribution >= 4 is 33.5 Å². The van der Waals surface area contributed by atoms with E-state index in [1.54, 1.807) is 0 Å². The summed E-state index contributed by atoms with van der Waals surface area (Å²) in [5, 5.41) is 14.8. The van der Waals surface area contributed by atoms with Gasteiger partial charge in [-0.15, -0.1) is 0 Å². The smallest absolute Gasteiger partial charge is 0.414 e. The second kappa shape index (κ2) is 7.84. The van der Waals surface area contributed by atoms with Crippen LogP contribution in [0, 0.1) is 5.92 Å². The highest BCUT2D eigenvalue weighted by Gasteiger charge is 2.16. The first kappa shape index (κ1) is 14.6. The van der Waals surface area contributed by atoms with Gasteiger partial charge in [-0.2, -0.15) is 0 Å². The molecule has 7 heteroatoms. The first-order valence-electron chi connectivity index (χ1n) is 4.28. The van der Waals surface area contributed by atoms with Crippen LogP contribution in [0.15, 0.2) is 0 Å². The minimum Gasteiger partial charge on any atom is -0.473 e. The second-order valence-electron chi connectivity index (χ2n) is 3.31. The highest BCUT2D eigenvalue weighted by molar-refractivity contribution is 8.77. The van der Waals surface area contributed by atoms with Gasteiger partial charge >= 0.3 is 11.9 Å². The fraction of sp³-hybridized carbons (Fsp3) is 0.750. The predicted octanol–water partition coefficient (Wildman–Crippen LogP) is 0.715. The Bertz CT molecular complexity index is 205. The molecule has 2 N–H and O–H groups in total. The van der Waals surface area contributed by atoms with E-state index in [-0.39, 0.29) is 0 Å². The number of carboxylic acids is 2. The van der Waals surface area contributed by atoms with Gasteiger partial charge in [-0.1, -0.05) is 21.6 Å². The number of hydrogen-bond acceptors (Lipinski definition) is 5. The summed E-state index contributed by atoms with van der Waals surface area (Å²) in [5.74, 6) is -0.00824. The van der Waals surface area contributed by atoms with Crippen LogP contribution in [0.5, 0.6) is 0 Å². The molecule has 1 heterocycles. The van der Waals surface area contributed by atoms with Crippen LogP contribution >= 0.6 is 21.6 Å². The van der Waals surface area contributed by atoms with Crippen molar-refractivity contribution in [1.29, 1.82) is 0 Å². The van der Waals surface area contributed by atoms with E-state index in [0.29, 0.717) is 0 Å².